The third-order valence-electron chi connectivity index (χ3n) is 7.29. The first-order valence-electron chi connectivity index (χ1n) is 14.4. The van der Waals surface area contributed by atoms with Crippen molar-refractivity contribution < 1.29 is 23.9 Å². The van der Waals surface area contributed by atoms with Crippen LogP contribution in [0.4, 0.5) is 0 Å². The van der Waals surface area contributed by atoms with E-state index >= 15 is 0 Å². The van der Waals surface area contributed by atoms with Crippen LogP contribution in [-0.4, -0.2) is 79.7 Å². The van der Waals surface area contributed by atoms with E-state index in [2.05, 4.69) is 15.6 Å². The van der Waals surface area contributed by atoms with Crippen LogP contribution in [0.1, 0.15) is 63.0 Å². The maximum Gasteiger partial charge on any atom is 0.328 e. The monoisotopic (exact) mass is 622 g/mol. The number of amides is 3. The summed E-state index contributed by atoms with van der Waals surface area (Å²) in [5.74, 6) is -3.47. The second kappa shape index (κ2) is 18.6. The molecule has 0 radical (unpaired) electrons. The Hall–Kier alpha value is -3.87. The molecule has 0 aliphatic heterocycles. The molecule has 13 nitrogen and oxygen atoms in total. The Balaban J connectivity index is 0.00000924. The highest BCUT2D eigenvalue weighted by molar-refractivity contribution is 6.02. The number of rotatable bonds is 15. The number of carbonyl (C=O) groups excluding carboxylic acids is 4. The topological polar surface area (TPSA) is 219 Å². The van der Waals surface area contributed by atoms with Gasteiger partial charge in [0, 0.05) is 26.2 Å². The van der Waals surface area contributed by atoms with Crippen molar-refractivity contribution in [1.29, 1.82) is 5.41 Å². The van der Waals surface area contributed by atoms with Crippen molar-refractivity contribution >= 4 is 47.9 Å². The van der Waals surface area contributed by atoms with E-state index in [9.17, 15) is 19.2 Å². The zero-order valence-corrected chi connectivity index (χ0v) is 26.1. The van der Waals surface area contributed by atoms with Crippen LogP contribution in [0.2, 0.25) is 0 Å². The van der Waals surface area contributed by atoms with Gasteiger partial charge in [0.15, 0.2) is 5.96 Å². The normalized spacial score (nSPS) is 15.0. The average Bonchev–Trinajstić information content (AvgIpc) is 2.96. The molecule has 3 amide bonds. The molecule has 43 heavy (non-hydrogen) atoms. The van der Waals surface area contributed by atoms with Gasteiger partial charge in [-0.15, -0.1) is 12.4 Å². The molecular weight excluding hydrogens is 576 g/mol. The maximum atomic E-state index is 13.7. The minimum Gasteiger partial charge on any atom is -0.464 e. The first kappa shape index (κ1) is 37.2. The summed E-state index contributed by atoms with van der Waals surface area (Å²) in [6.45, 7) is 2.10. The number of benzene rings is 1. The third kappa shape index (κ3) is 12.1. The first-order chi connectivity index (χ1) is 19.9. The van der Waals surface area contributed by atoms with Crippen LogP contribution in [-0.2, 0) is 30.3 Å². The van der Waals surface area contributed by atoms with Crippen LogP contribution in [0.3, 0.4) is 0 Å². The number of nitrogens with one attached hydrogen (secondary N) is 3. The lowest BCUT2D eigenvalue weighted by atomic mass is 9.83. The molecule has 1 aliphatic carbocycles. The molecule has 0 heterocycles. The standard InChI is InChI=1S/C29H46N8O5.ClH/c1-4-42-28(41)22(11-8-16-34-29(32)33)35-26(39)23(19-9-6-5-7-10-19)36-25(38)21(27(40)37(2)3)17-18-12-14-20(15-13-18)24(30)31;/h12-15,19,21-23H,4-11,16-17H2,1-3H3,(H3,30,31)(H,35,39)(H,36,38)(H4,32,33,34);1H/t21?,22-,23-;/m0./s1. The van der Waals surface area contributed by atoms with Crippen LogP contribution < -0.4 is 27.8 Å². The van der Waals surface area contributed by atoms with Gasteiger partial charge in [0.1, 0.15) is 23.8 Å². The molecule has 2 rings (SSSR count). The molecule has 1 aromatic carbocycles. The van der Waals surface area contributed by atoms with E-state index < -0.39 is 41.7 Å². The number of halogens is 1. The molecule has 0 bridgehead atoms. The minimum absolute atomic E-state index is 0. The van der Waals surface area contributed by atoms with Gasteiger partial charge in [-0.25, -0.2) is 4.79 Å². The second-order valence-electron chi connectivity index (χ2n) is 10.7. The largest absolute Gasteiger partial charge is 0.464 e. The number of ether oxygens (including phenoxy) is 1. The van der Waals surface area contributed by atoms with Crippen LogP contribution >= 0.6 is 12.4 Å². The number of carbonyl (C=O) groups is 4. The summed E-state index contributed by atoms with van der Waals surface area (Å²) in [7, 11) is 3.14. The van der Waals surface area contributed by atoms with Crippen LogP contribution in [0.15, 0.2) is 29.3 Å². The number of hydrogen-bond donors (Lipinski definition) is 6. The molecule has 0 aromatic heterocycles. The van der Waals surface area contributed by atoms with E-state index in [1.807, 2.05) is 0 Å². The summed E-state index contributed by atoms with van der Waals surface area (Å²) in [6.07, 6.45) is 5.06. The van der Waals surface area contributed by atoms with Crippen molar-refractivity contribution in [3.63, 3.8) is 0 Å². The quantitative estimate of drug-likeness (QED) is 0.0539. The zero-order valence-electron chi connectivity index (χ0n) is 25.3. The Morgan fingerprint density at radius 2 is 1.65 bits per heavy atom. The van der Waals surface area contributed by atoms with Crippen molar-refractivity contribution in [2.75, 3.05) is 27.2 Å². The maximum absolute atomic E-state index is 13.7. The lowest BCUT2D eigenvalue weighted by Gasteiger charge is -2.32. The lowest BCUT2D eigenvalue weighted by molar-refractivity contribution is -0.148. The van der Waals surface area contributed by atoms with Gasteiger partial charge < -0.3 is 37.5 Å². The summed E-state index contributed by atoms with van der Waals surface area (Å²) in [5.41, 5.74) is 17.5. The summed E-state index contributed by atoms with van der Waals surface area (Å²) >= 11 is 0. The Morgan fingerprint density at radius 1 is 1.02 bits per heavy atom. The Morgan fingerprint density at radius 3 is 2.19 bits per heavy atom. The lowest BCUT2D eigenvalue weighted by Crippen LogP contribution is -2.57. The molecular formula is C29H47ClN8O5. The number of amidine groups is 1. The Bertz CT molecular complexity index is 1120. The van der Waals surface area contributed by atoms with Crippen molar-refractivity contribution in [1.82, 2.24) is 15.5 Å². The Labute approximate surface area is 259 Å². The van der Waals surface area contributed by atoms with Crippen LogP contribution in [0, 0.1) is 17.2 Å². The molecule has 3 atom stereocenters. The van der Waals surface area contributed by atoms with Gasteiger partial charge in [-0.1, -0.05) is 43.5 Å². The molecule has 240 valence electrons. The van der Waals surface area contributed by atoms with E-state index in [1.54, 1.807) is 45.3 Å². The number of aliphatic imine (C=N–C) groups is 1. The first-order valence-corrected chi connectivity index (χ1v) is 14.4. The van der Waals surface area contributed by atoms with Gasteiger partial charge in [0.05, 0.1) is 6.61 Å². The molecule has 1 aliphatic rings. The molecule has 1 saturated carbocycles. The van der Waals surface area contributed by atoms with E-state index in [1.165, 1.54) is 4.90 Å². The number of esters is 1. The van der Waals surface area contributed by atoms with Crippen molar-refractivity contribution in [2.45, 2.75) is 70.4 Å². The van der Waals surface area contributed by atoms with Gasteiger partial charge in [0.2, 0.25) is 17.7 Å². The van der Waals surface area contributed by atoms with Gasteiger partial charge in [0.25, 0.3) is 0 Å². The fraction of sp³-hybridized carbons (Fsp3) is 0.586. The fourth-order valence-electron chi connectivity index (χ4n) is 5.04. The molecule has 0 spiro atoms. The summed E-state index contributed by atoms with van der Waals surface area (Å²) in [4.78, 5) is 58.5. The Kier molecular flexibility index (Phi) is 16.1. The predicted molar refractivity (Wildman–Crippen MR) is 168 cm³/mol. The van der Waals surface area contributed by atoms with E-state index in [0.29, 0.717) is 17.5 Å². The minimum atomic E-state index is -1.09. The summed E-state index contributed by atoms with van der Waals surface area (Å²) < 4.78 is 5.18. The zero-order chi connectivity index (χ0) is 31.2. The number of nitrogen functional groups attached to an aromatic ring is 1. The van der Waals surface area contributed by atoms with Gasteiger partial charge in [-0.05, 0) is 50.5 Å². The smallest absolute Gasteiger partial charge is 0.328 e. The summed E-state index contributed by atoms with van der Waals surface area (Å²) in [6, 6.07) is 4.87. The summed E-state index contributed by atoms with van der Waals surface area (Å²) in [5, 5.41) is 13.2. The van der Waals surface area contributed by atoms with Gasteiger partial charge in [-0.3, -0.25) is 24.8 Å². The highest BCUT2D eigenvalue weighted by Gasteiger charge is 2.37. The second-order valence-corrected chi connectivity index (χ2v) is 10.7. The molecule has 1 fully saturated rings. The predicted octanol–water partition coefficient (Wildman–Crippen LogP) is 0.806. The highest BCUT2D eigenvalue weighted by Crippen LogP contribution is 2.27. The molecule has 1 aromatic rings. The van der Waals surface area contributed by atoms with Crippen LogP contribution in [0.25, 0.3) is 0 Å². The highest BCUT2D eigenvalue weighted by atomic mass is 35.5. The van der Waals surface area contributed by atoms with Gasteiger partial charge >= 0.3 is 5.97 Å². The molecule has 1 unspecified atom stereocenters. The number of hydrogen-bond acceptors (Lipinski definition) is 7. The fourth-order valence-corrected chi connectivity index (χ4v) is 5.04. The SMILES string of the molecule is CCOC(=O)[C@H](CCCN=C(N)N)NC(=O)[C@@H](NC(=O)C(Cc1ccc(C(=N)N)cc1)C(=O)N(C)C)C1CCCCC1.Cl. The van der Waals surface area contributed by atoms with E-state index in [-0.39, 0.29) is 56.1 Å². The van der Waals surface area contributed by atoms with Gasteiger partial charge in [-0.2, -0.15) is 0 Å². The molecule has 0 saturated heterocycles. The number of nitrogens with two attached hydrogens (primary N) is 3. The van der Waals surface area contributed by atoms with Crippen LogP contribution in [0.5, 0.6) is 0 Å². The van der Waals surface area contributed by atoms with Crippen molar-refractivity contribution in [3.05, 3.63) is 35.4 Å². The third-order valence-corrected chi connectivity index (χ3v) is 7.29. The molecule has 14 heteroatoms. The van der Waals surface area contributed by atoms with E-state index in [0.717, 1.165) is 32.1 Å². The van der Waals surface area contributed by atoms with Crippen molar-refractivity contribution in [2.24, 2.45) is 34.0 Å². The molecule has 9 N–H and O–H groups in total. The number of guanidine groups is 1. The van der Waals surface area contributed by atoms with Crippen molar-refractivity contribution in [3.8, 4) is 0 Å². The van der Waals surface area contributed by atoms with E-state index in [4.69, 9.17) is 27.3 Å². The average molecular weight is 623 g/mol. The number of nitrogens with zero attached hydrogens (tertiary/aromatic N) is 2.